The van der Waals surface area contributed by atoms with Crippen molar-refractivity contribution in [3.63, 3.8) is 0 Å². The van der Waals surface area contributed by atoms with E-state index in [9.17, 15) is 0 Å². The first-order chi connectivity index (χ1) is 11.5. The van der Waals surface area contributed by atoms with Gasteiger partial charge in [0.25, 0.3) is 0 Å². The fraction of sp³-hybridized carbons (Fsp3) is 0.611. The molecular formula is C18H26BrN5. The van der Waals surface area contributed by atoms with Gasteiger partial charge >= 0.3 is 0 Å². The molecule has 2 atom stereocenters. The molecule has 0 saturated heterocycles. The number of tetrazole rings is 1. The zero-order valence-electron chi connectivity index (χ0n) is 14.7. The van der Waals surface area contributed by atoms with Crippen LogP contribution in [-0.4, -0.2) is 26.2 Å². The molecule has 1 N–H and O–H groups in total. The number of hydrogen-bond donors (Lipinski definition) is 1. The van der Waals surface area contributed by atoms with Crippen LogP contribution >= 0.6 is 15.9 Å². The molecule has 1 aromatic carbocycles. The quantitative estimate of drug-likeness (QED) is 0.851. The largest absolute Gasteiger partial charge is 0.307 e. The lowest BCUT2D eigenvalue weighted by Crippen LogP contribution is -2.44. The highest BCUT2D eigenvalue weighted by molar-refractivity contribution is 9.10. The second-order valence-electron chi connectivity index (χ2n) is 7.70. The van der Waals surface area contributed by atoms with Crippen LogP contribution < -0.4 is 5.32 Å². The fourth-order valence-electron chi connectivity index (χ4n) is 3.76. The predicted molar refractivity (Wildman–Crippen MR) is 98.9 cm³/mol. The molecule has 0 spiro atoms. The van der Waals surface area contributed by atoms with Crippen molar-refractivity contribution in [2.24, 2.45) is 11.3 Å². The van der Waals surface area contributed by atoms with Crippen molar-refractivity contribution in [2.45, 2.75) is 59.0 Å². The zero-order valence-corrected chi connectivity index (χ0v) is 16.3. The van der Waals surface area contributed by atoms with E-state index in [2.05, 4.69) is 57.5 Å². The first-order valence-electron chi connectivity index (χ1n) is 8.72. The number of aromatic nitrogens is 4. The molecule has 1 aliphatic carbocycles. The van der Waals surface area contributed by atoms with Crippen molar-refractivity contribution in [1.82, 2.24) is 25.5 Å². The first-order valence-corrected chi connectivity index (χ1v) is 9.51. The van der Waals surface area contributed by atoms with E-state index in [-0.39, 0.29) is 0 Å². The number of halogens is 1. The van der Waals surface area contributed by atoms with Crippen LogP contribution in [0.5, 0.6) is 0 Å². The minimum Gasteiger partial charge on any atom is -0.307 e. The molecule has 0 radical (unpaired) electrons. The summed E-state index contributed by atoms with van der Waals surface area (Å²) in [7, 11) is 0. The molecule has 2 unspecified atom stereocenters. The lowest BCUT2D eigenvalue weighted by Gasteiger charge is -2.41. The van der Waals surface area contributed by atoms with Crippen LogP contribution in [-0.2, 0) is 6.54 Å². The molecule has 0 amide bonds. The highest BCUT2D eigenvalue weighted by Crippen LogP contribution is 2.38. The number of para-hydroxylation sites is 1. The smallest absolute Gasteiger partial charge is 0.170 e. The molecule has 2 aromatic rings. The van der Waals surface area contributed by atoms with Gasteiger partial charge in [0.05, 0.1) is 12.2 Å². The van der Waals surface area contributed by atoms with Gasteiger partial charge in [-0.25, -0.2) is 0 Å². The SMILES string of the molecule is CC(C)(C)C1CCCCC1NCc1nnnn1-c1ccccc1Br. The Labute approximate surface area is 152 Å². The number of nitrogens with zero attached hydrogens (tertiary/aromatic N) is 4. The van der Waals surface area contributed by atoms with E-state index < -0.39 is 0 Å². The maximum atomic E-state index is 4.22. The standard InChI is InChI=1S/C18H26BrN5/c1-18(2,3)13-8-4-6-10-15(13)20-12-17-21-22-23-24(17)16-11-7-5-9-14(16)19/h5,7,9,11,13,15,20H,4,6,8,10,12H2,1-3H3. The third-order valence-corrected chi connectivity index (χ3v) is 5.69. The second-order valence-corrected chi connectivity index (χ2v) is 8.56. The summed E-state index contributed by atoms with van der Waals surface area (Å²) in [5.41, 5.74) is 1.29. The monoisotopic (exact) mass is 391 g/mol. The highest BCUT2D eigenvalue weighted by Gasteiger charge is 2.34. The molecule has 1 fully saturated rings. The summed E-state index contributed by atoms with van der Waals surface area (Å²) < 4.78 is 2.80. The van der Waals surface area contributed by atoms with Crippen molar-refractivity contribution in [2.75, 3.05) is 0 Å². The van der Waals surface area contributed by atoms with E-state index in [1.54, 1.807) is 0 Å². The summed E-state index contributed by atoms with van der Waals surface area (Å²) >= 11 is 3.58. The summed E-state index contributed by atoms with van der Waals surface area (Å²) in [6.45, 7) is 7.74. The molecule has 1 aromatic heterocycles. The molecule has 0 aliphatic heterocycles. The highest BCUT2D eigenvalue weighted by atomic mass is 79.9. The Balaban J connectivity index is 1.74. The molecule has 3 rings (SSSR count). The van der Waals surface area contributed by atoms with Crippen molar-refractivity contribution >= 4 is 15.9 Å². The molecule has 0 bridgehead atoms. The van der Waals surface area contributed by atoms with Gasteiger partial charge in [0.15, 0.2) is 5.82 Å². The van der Waals surface area contributed by atoms with Gasteiger partial charge in [-0.3, -0.25) is 0 Å². The number of benzene rings is 1. The lowest BCUT2D eigenvalue weighted by molar-refractivity contribution is 0.129. The van der Waals surface area contributed by atoms with Gasteiger partial charge in [-0.05, 0) is 62.7 Å². The third-order valence-electron chi connectivity index (χ3n) is 5.02. The number of hydrogen-bond acceptors (Lipinski definition) is 4. The van der Waals surface area contributed by atoms with Crippen LogP contribution in [0.3, 0.4) is 0 Å². The molecule has 5 nitrogen and oxygen atoms in total. The van der Waals surface area contributed by atoms with Crippen LogP contribution in [0.2, 0.25) is 0 Å². The van der Waals surface area contributed by atoms with Crippen LogP contribution in [0, 0.1) is 11.3 Å². The minimum absolute atomic E-state index is 0.326. The molecule has 24 heavy (non-hydrogen) atoms. The lowest BCUT2D eigenvalue weighted by atomic mass is 9.69. The van der Waals surface area contributed by atoms with Crippen LogP contribution in [0.4, 0.5) is 0 Å². The van der Waals surface area contributed by atoms with E-state index in [1.165, 1.54) is 25.7 Å². The van der Waals surface area contributed by atoms with Gasteiger partial charge in [-0.15, -0.1) is 5.10 Å². The van der Waals surface area contributed by atoms with E-state index >= 15 is 0 Å². The summed E-state index contributed by atoms with van der Waals surface area (Å²) in [6, 6.07) is 8.54. The predicted octanol–water partition coefficient (Wildman–Crippen LogP) is 4.12. The number of nitrogens with one attached hydrogen (secondary N) is 1. The van der Waals surface area contributed by atoms with Crippen LogP contribution in [0.1, 0.15) is 52.3 Å². The third kappa shape index (κ3) is 3.86. The molecule has 130 valence electrons. The molecule has 1 aliphatic rings. The Morgan fingerprint density at radius 1 is 1.21 bits per heavy atom. The molecular weight excluding hydrogens is 366 g/mol. The normalized spacial score (nSPS) is 21.8. The van der Waals surface area contributed by atoms with Crippen molar-refractivity contribution < 1.29 is 0 Å². The summed E-state index contributed by atoms with van der Waals surface area (Å²) in [4.78, 5) is 0. The summed E-state index contributed by atoms with van der Waals surface area (Å²) in [5.74, 6) is 1.54. The Morgan fingerprint density at radius 2 is 1.96 bits per heavy atom. The Morgan fingerprint density at radius 3 is 2.71 bits per heavy atom. The van der Waals surface area contributed by atoms with E-state index in [4.69, 9.17) is 0 Å². The summed E-state index contributed by atoms with van der Waals surface area (Å²) in [5, 5.41) is 16.0. The van der Waals surface area contributed by atoms with Gasteiger partial charge in [-0.2, -0.15) is 4.68 Å². The average molecular weight is 392 g/mol. The Kier molecular flexibility index (Phi) is 5.35. The van der Waals surface area contributed by atoms with E-state index in [1.807, 2.05) is 28.9 Å². The zero-order chi connectivity index (χ0) is 17.2. The van der Waals surface area contributed by atoms with Crippen molar-refractivity contribution in [3.05, 3.63) is 34.6 Å². The van der Waals surface area contributed by atoms with Crippen LogP contribution in [0.25, 0.3) is 5.69 Å². The van der Waals surface area contributed by atoms with E-state index in [0.29, 0.717) is 23.9 Å². The second kappa shape index (κ2) is 7.31. The number of rotatable bonds is 4. The van der Waals surface area contributed by atoms with E-state index in [0.717, 1.165) is 16.0 Å². The average Bonchev–Trinajstić information content (AvgIpc) is 3.01. The fourth-order valence-corrected chi connectivity index (χ4v) is 4.21. The topological polar surface area (TPSA) is 55.6 Å². The maximum Gasteiger partial charge on any atom is 0.170 e. The van der Waals surface area contributed by atoms with Crippen molar-refractivity contribution in [1.29, 1.82) is 0 Å². The van der Waals surface area contributed by atoms with Gasteiger partial charge in [0.1, 0.15) is 0 Å². The maximum absolute atomic E-state index is 4.22. The summed E-state index contributed by atoms with van der Waals surface area (Å²) in [6.07, 6.45) is 5.18. The molecule has 6 heteroatoms. The van der Waals surface area contributed by atoms with Gasteiger partial charge in [-0.1, -0.05) is 45.7 Å². The Hall–Kier alpha value is -1.27. The van der Waals surface area contributed by atoms with Gasteiger partial charge in [0.2, 0.25) is 0 Å². The first kappa shape index (κ1) is 17.5. The van der Waals surface area contributed by atoms with Crippen molar-refractivity contribution in [3.8, 4) is 5.69 Å². The minimum atomic E-state index is 0.326. The Bertz CT molecular complexity index is 676. The van der Waals surface area contributed by atoms with Gasteiger partial charge < -0.3 is 5.32 Å². The molecule has 1 heterocycles. The van der Waals surface area contributed by atoms with Crippen LogP contribution in [0.15, 0.2) is 28.7 Å². The molecule has 1 saturated carbocycles. The van der Waals surface area contributed by atoms with Gasteiger partial charge in [0, 0.05) is 10.5 Å².